The second-order valence-electron chi connectivity index (χ2n) is 6.44. The molecule has 0 atom stereocenters. The number of aromatic nitrogens is 2. The molecule has 0 aliphatic carbocycles. The third-order valence-corrected chi connectivity index (χ3v) is 4.80. The first-order chi connectivity index (χ1) is 12.2. The van der Waals surface area contributed by atoms with Crippen molar-refractivity contribution in [3.8, 4) is 16.8 Å². The Labute approximate surface area is 148 Å². The predicted octanol–water partition coefficient (Wildman–Crippen LogP) is 5.69. The van der Waals surface area contributed by atoms with Crippen LogP contribution in [-0.2, 0) is 6.42 Å². The summed E-state index contributed by atoms with van der Waals surface area (Å²) in [4.78, 5) is 0. The largest absolute Gasteiger partial charge is 0.237 e. The summed E-state index contributed by atoms with van der Waals surface area (Å²) in [5.41, 5.74) is 6.97. The van der Waals surface area contributed by atoms with Crippen LogP contribution in [0, 0.1) is 20.8 Å². The predicted molar refractivity (Wildman–Crippen MR) is 105 cm³/mol. The van der Waals surface area contributed by atoms with Crippen molar-refractivity contribution in [2.75, 3.05) is 0 Å². The van der Waals surface area contributed by atoms with Gasteiger partial charge in [-0.05, 0) is 67.3 Å². The van der Waals surface area contributed by atoms with E-state index in [2.05, 4.69) is 87.5 Å². The van der Waals surface area contributed by atoms with Crippen LogP contribution in [0.15, 0.2) is 66.7 Å². The molecule has 3 aromatic carbocycles. The molecule has 1 radical (unpaired) electrons. The Hall–Kier alpha value is -2.87. The Kier molecular flexibility index (Phi) is 3.89. The van der Waals surface area contributed by atoms with Crippen LogP contribution in [-0.4, -0.2) is 9.78 Å². The Morgan fingerprint density at radius 3 is 2.32 bits per heavy atom. The van der Waals surface area contributed by atoms with Crippen molar-refractivity contribution in [3.05, 3.63) is 90.6 Å². The molecule has 0 spiro atoms. The second-order valence-corrected chi connectivity index (χ2v) is 6.44. The van der Waals surface area contributed by atoms with Crippen molar-refractivity contribution in [3.63, 3.8) is 0 Å². The number of fused-ring (bicyclic) bond motifs is 1. The fourth-order valence-corrected chi connectivity index (χ4v) is 3.46. The summed E-state index contributed by atoms with van der Waals surface area (Å²) < 4.78 is 2.03. The highest BCUT2D eigenvalue weighted by Gasteiger charge is 2.15. The molecule has 2 heteroatoms. The van der Waals surface area contributed by atoms with Gasteiger partial charge in [-0.1, -0.05) is 48.5 Å². The van der Waals surface area contributed by atoms with Gasteiger partial charge in [0.1, 0.15) is 0 Å². The van der Waals surface area contributed by atoms with Gasteiger partial charge in [-0.15, -0.1) is 0 Å². The van der Waals surface area contributed by atoms with E-state index in [4.69, 9.17) is 5.10 Å². The monoisotopic (exact) mass is 325 g/mol. The molecule has 1 heterocycles. The summed E-state index contributed by atoms with van der Waals surface area (Å²) in [6.45, 7) is 8.16. The molecule has 2 nitrogen and oxygen atoms in total. The average Bonchev–Trinajstić information content (AvgIpc) is 2.95. The molecule has 25 heavy (non-hydrogen) atoms. The van der Waals surface area contributed by atoms with Gasteiger partial charge in [0.25, 0.3) is 0 Å². The van der Waals surface area contributed by atoms with E-state index in [1.807, 2.05) is 4.68 Å². The summed E-state index contributed by atoms with van der Waals surface area (Å²) in [6.07, 6.45) is 0.805. The van der Waals surface area contributed by atoms with E-state index < -0.39 is 0 Å². The number of rotatable bonds is 3. The molecule has 0 bridgehead atoms. The van der Waals surface area contributed by atoms with Gasteiger partial charge in [-0.25, -0.2) is 4.68 Å². The highest BCUT2D eigenvalue weighted by molar-refractivity contribution is 5.88. The van der Waals surface area contributed by atoms with Crippen LogP contribution in [0.4, 0.5) is 0 Å². The van der Waals surface area contributed by atoms with E-state index in [0.29, 0.717) is 0 Å². The Morgan fingerprint density at radius 2 is 1.60 bits per heavy atom. The first-order valence-corrected chi connectivity index (χ1v) is 8.61. The number of hydrogen-bond acceptors (Lipinski definition) is 1. The van der Waals surface area contributed by atoms with Crippen molar-refractivity contribution >= 4 is 10.8 Å². The molecule has 0 saturated heterocycles. The van der Waals surface area contributed by atoms with Crippen molar-refractivity contribution in [2.24, 2.45) is 0 Å². The van der Waals surface area contributed by atoms with E-state index >= 15 is 0 Å². The fourth-order valence-electron chi connectivity index (χ4n) is 3.46. The lowest BCUT2D eigenvalue weighted by Gasteiger charge is -2.07. The maximum Gasteiger partial charge on any atom is 0.0679 e. The van der Waals surface area contributed by atoms with Gasteiger partial charge in [0.15, 0.2) is 0 Å². The Bertz CT molecular complexity index is 1040. The number of hydrogen-bond donors (Lipinski definition) is 0. The third-order valence-electron chi connectivity index (χ3n) is 4.80. The highest BCUT2D eigenvalue weighted by Crippen LogP contribution is 2.31. The summed E-state index contributed by atoms with van der Waals surface area (Å²) in [7, 11) is 0. The van der Waals surface area contributed by atoms with Crippen LogP contribution < -0.4 is 0 Å². The summed E-state index contributed by atoms with van der Waals surface area (Å²) in [6, 6.07) is 23.6. The minimum atomic E-state index is 0.805. The maximum atomic E-state index is 4.79. The van der Waals surface area contributed by atoms with E-state index in [1.54, 1.807) is 0 Å². The van der Waals surface area contributed by atoms with Crippen LogP contribution in [0.2, 0.25) is 0 Å². The summed E-state index contributed by atoms with van der Waals surface area (Å²) in [5, 5.41) is 7.31. The van der Waals surface area contributed by atoms with Crippen LogP contribution >= 0.6 is 0 Å². The second kappa shape index (κ2) is 6.21. The lowest BCUT2D eigenvalue weighted by molar-refractivity contribution is 0.833. The quantitative estimate of drug-likeness (QED) is 0.473. The first kappa shape index (κ1) is 15.6. The standard InChI is InChI=1S/C23H21N2/c1-4-18-9-13-22(14-10-18)25-17(3)23(16(2)24-25)21-12-11-19-7-5-6-8-20(19)15-21/h5-15H,1,4H2,2-3H3. The van der Waals surface area contributed by atoms with Gasteiger partial charge in [0, 0.05) is 11.3 Å². The van der Waals surface area contributed by atoms with E-state index in [1.165, 1.54) is 27.5 Å². The third kappa shape index (κ3) is 2.74. The lowest BCUT2D eigenvalue weighted by Crippen LogP contribution is -1.99. The zero-order valence-corrected chi connectivity index (χ0v) is 14.7. The van der Waals surface area contributed by atoms with Gasteiger partial charge in [0.2, 0.25) is 0 Å². The van der Waals surface area contributed by atoms with Crippen molar-refractivity contribution in [2.45, 2.75) is 20.3 Å². The molecule has 4 rings (SSSR count). The van der Waals surface area contributed by atoms with Crippen molar-refractivity contribution in [1.82, 2.24) is 9.78 Å². The molecule has 0 aliphatic rings. The van der Waals surface area contributed by atoms with Crippen molar-refractivity contribution < 1.29 is 0 Å². The Morgan fingerprint density at radius 1 is 0.880 bits per heavy atom. The minimum absolute atomic E-state index is 0.805. The zero-order chi connectivity index (χ0) is 17.4. The number of aryl methyl sites for hydroxylation is 1. The highest BCUT2D eigenvalue weighted by atomic mass is 15.3. The number of benzene rings is 3. The molecular weight excluding hydrogens is 304 g/mol. The zero-order valence-electron chi connectivity index (χ0n) is 14.7. The molecule has 0 N–H and O–H groups in total. The average molecular weight is 325 g/mol. The SMILES string of the molecule is [CH2]Cc1ccc(-n2nc(C)c(-c3ccc4ccccc4c3)c2C)cc1. The van der Waals surface area contributed by atoms with Crippen molar-refractivity contribution in [1.29, 1.82) is 0 Å². The smallest absolute Gasteiger partial charge is 0.0679 e. The summed E-state index contributed by atoms with van der Waals surface area (Å²) in [5.74, 6) is 0. The molecule has 0 unspecified atom stereocenters. The van der Waals surface area contributed by atoms with Gasteiger partial charge < -0.3 is 0 Å². The van der Waals surface area contributed by atoms with Crippen LogP contribution in [0.25, 0.3) is 27.6 Å². The topological polar surface area (TPSA) is 17.8 Å². The maximum absolute atomic E-state index is 4.79. The molecule has 1 aromatic heterocycles. The molecule has 123 valence electrons. The van der Waals surface area contributed by atoms with E-state index in [9.17, 15) is 0 Å². The summed E-state index contributed by atoms with van der Waals surface area (Å²) >= 11 is 0. The lowest BCUT2D eigenvalue weighted by atomic mass is 10.00. The molecule has 0 saturated carbocycles. The fraction of sp³-hybridized carbons (Fsp3) is 0.130. The number of nitrogens with zero attached hydrogens (tertiary/aromatic N) is 2. The van der Waals surface area contributed by atoms with Crippen LogP contribution in [0.1, 0.15) is 17.0 Å². The molecular formula is C23H21N2. The molecule has 0 aliphatic heterocycles. The van der Waals surface area contributed by atoms with E-state index in [0.717, 1.165) is 23.5 Å². The van der Waals surface area contributed by atoms with E-state index in [-0.39, 0.29) is 0 Å². The van der Waals surface area contributed by atoms with Crippen LogP contribution in [0.3, 0.4) is 0 Å². The molecule has 0 amide bonds. The first-order valence-electron chi connectivity index (χ1n) is 8.61. The van der Waals surface area contributed by atoms with Gasteiger partial charge >= 0.3 is 0 Å². The van der Waals surface area contributed by atoms with Gasteiger partial charge in [-0.2, -0.15) is 5.10 Å². The van der Waals surface area contributed by atoms with Gasteiger partial charge in [-0.3, -0.25) is 0 Å². The van der Waals surface area contributed by atoms with Crippen LogP contribution in [0.5, 0.6) is 0 Å². The Balaban J connectivity index is 1.83. The normalized spacial score (nSPS) is 11.2. The van der Waals surface area contributed by atoms with Gasteiger partial charge in [0.05, 0.1) is 11.4 Å². The molecule has 4 aromatic rings. The molecule has 0 fully saturated rings. The minimum Gasteiger partial charge on any atom is -0.237 e.